The molecule has 0 saturated carbocycles. The lowest BCUT2D eigenvalue weighted by atomic mass is 10.1. The summed E-state index contributed by atoms with van der Waals surface area (Å²) >= 11 is 0. The zero-order valence-corrected chi connectivity index (χ0v) is 14.7. The fraction of sp³-hybridized carbons (Fsp3) is 0.667. The van der Waals surface area contributed by atoms with E-state index in [1.807, 2.05) is 19.3 Å². The Hall–Kier alpha value is -1.62. The molecular formula is C18H30N4O. The minimum absolute atomic E-state index is 0.00286. The van der Waals surface area contributed by atoms with Crippen molar-refractivity contribution in [3.05, 3.63) is 29.6 Å². The largest absolute Gasteiger partial charge is 0.337 e. The zero-order valence-electron chi connectivity index (χ0n) is 14.7. The summed E-state index contributed by atoms with van der Waals surface area (Å²) in [6.07, 6.45) is 6.51. The Kier molecular flexibility index (Phi) is 6.84. The molecule has 0 aliphatic carbocycles. The number of aryl methyl sites for hydroxylation is 1. The van der Waals surface area contributed by atoms with Crippen molar-refractivity contribution in [2.45, 2.75) is 45.6 Å². The highest BCUT2D eigenvalue weighted by molar-refractivity contribution is 5.74. The van der Waals surface area contributed by atoms with Gasteiger partial charge in [0, 0.05) is 44.5 Å². The third-order valence-electron chi connectivity index (χ3n) is 4.74. The van der Waals surface area contributed by atoms with Crippen molar-refractivity contribution in [3.63, 3.8) is 0 Å². The number of hydrogen-bond acceptors (Lipinski definition) is 3. The van der Waals surface area contributed by atoms with Crippen molar-refractivity contribution >= 4 is 6.03 Å². The molecule has 23 heavy (non-hydrogen) atoms. The number of urea groups is 1. The summed E-state index contributed by atoms with van der Waals surface area (Å²) in [5.74, 6) is 0. The van der Waals surface area contributed by atoms with Gasteiger partial charge in [0.1, 0.15) is 0 Å². The SMILES string of the molecule is Cc1cccnc1C[C@H](C)N(C)C(=O)NCCN1CCCCC1. The average molecular weight is 318 g/mol. The first-order valence-electron chi connectivity index (χ1n) is 8.71. The summed E-state index contributed by atoms with van der Waals surface area (Å²) < 4.78 is 0. The van der Waals surface area contributed by atoms with Crippen molar-refractivity contribution in [2.75, 3.05) is 33.2 Å². The van der Waals surface area contributed by atoms with Crippen LogP contribution in [-0.4, -0.2) is 60.1 Å². The van der Waals surface area contributed by atoms with E-state index in [1.54, 1.807) is 4.90 Å². The second-order valence-electron chi connectivity index (χ2n) is 6.57. The van der Waals surface area contributed by atoms with Gasteiger partial charge in [0.15, 0.2) is 0 Å². The number of hydrogen-bond donors (Lipinski definition) is 1. The molecule has 0 radical (unpaired) electrons. The smallest absolute Gasteiger partial charge is 0.317 e. The highest BCUT2D eigenvalue weighted by atomic mass is 16.2. The van der Waals surface area contributed by atoms with Crippen LogP contribution in [0.25, 0.3) is 0 Å². The van der Waals surface area contributed by atoms with E-state index in [1.165, 1.54) is 37.9 Å². The maximum absolute atomic E-state index is 12.3. The van der Waals surface area contributed by atoms with E-state index in [2.05, 4.69) is 35.1 Å². The van der Waals surface area contributed by atoms with Crippen LogP contribution >= 0.6 is 0 Å². The van der Waals surface area contributed by atoms with Gasteiger partial charge in [-0.15, -0.1) is 0 Å². The summed E-state index contributed by atoms with van der Waals surface area (Å²) in [5, 5.41) is 3.04. The minimum atomic E-state index is 0.00286. The number of likely N-dealkylation sites (N-methyl/N-ethyl adjacent to an activating group) is 1. The summed E-state index contributed by atoms with van der Waals surface area (Å²) in [5.41, 5.74) is 2.24. The van der Waals surface area contributed by atoms with E-state index in [0.717, 1.165) is 25.2 Å². The van der Waals surface area contributed by atoms with Crippen LogP contribution in [-0.2, 0) is 6.42 Å². The van der Waals surface area contributed by atoms with Crippen LogP contribution in [0.1, 0.15) is 37.4 Å². The number of nitrogens with one attached hydrogen (secondary N) is 1. The molecule has 0 unspecified atom stereocenters. The van der Waals surface area contributed by atoms with Gasteiger partial charge >= 0.3 is 6.03 Å². The molecule has 128 valence electrons. The molecule has 2 amide bonds. The molecule has 0 bridgehead atoms. The number of likely N-dealkylation sites (tertiary alicyclic amines) is 1. The van der Waals surface area contributed by atoms with E-state index < -0.39 is 0 Å². The van der Waals surface area contributed by atoms with E-state index in [4.69, 9.17) is 0 Å². The number of carbonyl (C=O) groups is 1. The molecule has 1 atom stereocenters. The second-order valence-corrected chi connectivity index (χ2v) is 6.57. The van der Waals surface area contributed by atoms with Crippen LogP contribution in [0.4, 0.5) is 4.79 Å². The lowest BCUT2D eigenvalue weighted by molar-refractivity contribution is 0.187. The Labute approximate surface area is 140 Å². The molecule has 1 aliphatic heterocycles. The average Bonchev–Trinajstić information content (AvgIpc) is 2.57. The molecule has 1 fully saturated rings. The molecule has 1 aromatic rings. The minimum Gasteiger partial charge on any atom is -0.337 e. The van der Waals surface area contributed by atoms with Crippen molar-refractivity contribution in [1.82, 2.24) is 20.1 Å². The number of aromatic nitrogens is 1. The lowest BCUT2D eigenvalue weighted by Gasteiger charge is -2.28. The number of pyridine rings is 1. The van der Waals surface area contributed by atoms with E-state index in [-0.39, 0.29) is 12.1 Å². The zero-order chi connectivity index (χ0) is 16.7. The number of piperidine rings is 1. The van der Waals surface area contributed by atoms with Crippen LogP contribution in [0.5, 0.6) is 0 Å². The topological polar surface area (TPSA) is 48.5 Å². The first-order chi connectivity index (χ1) is 11.1. The third-order valence-corrected chi connectivity index (χ3v) is 4.74. The van der Waals surface area contributed by atoms with E-state index in [0.29, 0.717) is 0 Å². The van der Waals surface area contributed by atoms with Gasteiger partial charge in [-0.05, 0) is 51.4 Å². The number of nitrogens with zero attached hydrogens (tertiary/aromatic N) is 3. The molecule has 2 heterocycles. The number of carbonyl (C=O) groups excluding carboxylic acids is 1. The van der Waals surface area contributed by atoms with Gasteiger partial charge < -0.3 is 15.1 Å². The van der Waals surface area contributed by atoms with Gasteiger partial charge in [-0.3, -0.25) is 4.98 Å². The van der Waals surface area contributed by atoms with Crippen molar-refractivity contribution in [2.24, 2.45) is 0 Å². The molecule has 1 N–H and O–H groups in total. The summed E-state index contributed by atoms with van der Waals surface area (Å²) in [7, 11) is 1.86. The molecule has 2 rings (SSSR count). The van der Waals surface area contributed by atoms with Crippen LogP contribution in [0, 0.1) is 6.92 Å². The number of amides is 2. The van der Waals surface area contributed by atoms with Gasteiger partial charge in [0.25, 0.3) is 0 Å². The van der Waals surface area contributed by atoms with Crippen LogP contribution in [0.3, 0.4) is 0 Å². The van der Waals surface area contributed by atoms with Crippen LogP contribution in [0.15, 0.2) is 18.3 Å². The molecule has 1 aromatic heterocycles. The van der Waals surface area contributed by atoms with Gasteiger partial charge in [0.05, 0.1) is 0 Å². The molecule has 1 aliphatic rings. The monoisotopic (exact) mass is 318 g/mol. The van der Waals surface area contributed by atoms with Gasteiger partial charge in [0.2, 0.25) is 0 Å². The second kappa shape index (κ2) is 8.87. The van der Waals surface area contributed by atoms with E-state index in [9.17, 15) is 4.79 Å². The Morgan fingerprint density at radius 3 is 2.83 bits per heavy atom. The van der Waals surface area contributed by atoms with Crippen molar-refractivity contribution in [3.8, 4) is 0 Å². The molecule has 0 spiro atoms. The predicted molar refractivity (Wildman–Crippen MR) is 93.6 cm³/mol. The Morgan fingerprint density at radius 1 is 1.39 bits per heavy atom. The van der Waals surface area contributed by atoms with Crippen LogP contribution < -0.4 is 5.32 Å². The summed E-state index contributed by atoms with van der Waals surface area (Å²) in [4.78, 5) is 20.9. The Balaban J connectivity index is 1.73. The van der Waals surface area contributed by atoms with Gasteiger partial charge in [-0.2, -0.15) is 0 Å². The molecule has 5 heteroatoms. The van der Waals surface area contributed by atoms with Gasteiger partial charge in [-0.25, -0.2) is 4.79 Å². The van der Waals surface area contributed by atoms with Gasteiger partial charge in [-0.1, -0.05) is 12.5 Å². The predicted octanol–water partition coefficient (Wildman–Crippen LogP) is 2.45. The highest BCUT2D eigenvalue weighted by Gasteiger charge is 2.17. The quantitative estimate of drug-likeness (QED) is 0.876. The molecular weight excluding hydrogens is 288 g/mol. The standard InChI is InChI=1S/C18H30N4O/c1-15-8-7-9-19-17(15)14-16(2)21(3)18(23)20-10-13-22-11-5-4-6-12-22/h7-9,16H,4-6,10-14H2,1-3H3,(H,20,23)/t16-/m0/s1. The first-order valence-corrected chi connectivity index (χ1v) is 8.71. The maximum atomic E-state index is 12.3. The lowest BCUT2D eigenvalue weighted by Crippen LogP contribution is -2.46. The maximum Gasteiger partial charge on any atom is 0.317 e. The van der Waals surface area contributed by atoms with Crippen LogP contribution in [0.2, 0.25) is 0 Å². The molecule has 5 nitrogen and oxygen atoms in total. The van der Waals surface area contributed by atoms with E-state index >= 15 is 0 Å². The van der Waals surface area contributed by atoms with Crippen molar-refractivity contribution in [1.29, 1.82) is 0 Å². The normalized spacial score (nSPS) is 16.8. The van der Waals surface area contributed by atoms with Crippen molar-refractivity contribution < 1.29 is 4.79 Å². The Bertz CT molecular complexity index is 500. The fourth-order valence-electron chi connectivity index (χ4n) is 2.98. The number of rotatable bonds is 6. The molecule has 1 saturated heterocycles. The fourth-order valence-corrected chi connectivity index (χ4v) is 2.98. The summed E-state index contributed by atoms with van der Waals surface area (Å²) in [6.45, 7) is 8.14. The highest BCUT2D eigenvalue weighted by Crippen LogP contribution is 2.10. The summed E-state index contributed by atoms with van der Waals surface area (Å²) in [6, 6.07) is 4.13. The first kappa shape index (κ1) is 17.7. The third kappa shape index (κ3) is 5.50. The Morgan fingerprint density at radius 2 is 2.13 bits per heavy atom. The molecule has 0 aromatic carbocycles.